The minimum Gasteiger partial charge on any atom is -0.284 e. The van der Waals surface area contributed by atoms with Crippen LogP contribution in [0.4, 0.5) is 0 Å². The SMILES string of the molecule is C1=CC2=C3C4=C(CCC3C1)C(C1=CC(P(c3ccccc3)c3cc(C5C=CC6=C7c8c(cccc8CCC75)CC6)ccn3)N=CC1)=CCC4CC2. The lowest BCUT2D eigenvalue weighted by molar-refractivity contribution is 0.451. The van der Waals surface area contributed by atoms with Gasteiger partial charge in [0.05, 0.1) is 11.2 Å². The first kappa shape index (κ1) is 30.5. The van der Waals surface area contributed by atoms with Crippen LogP contribution in [0.15, 0.2) is 147 Å². The van der Waals surface area contributed by atoms with Gasteiger partial charge in [-0.15, -0.1) is 0 Å². The van der Waals surface area contributed by atoms with E-state index in [0.717, 1.165) is 18.3 Å². The van der Waals surface area contributed by atoms with Crippen LogP contribution in [0.5, 0.6) is 0 Å². The van der Waals surface area contributed by atoms with Crippen molar-refractivity contribution in [2.24, 2.45) is 22.7 Å². The molecule has 11 rings (SSSR count). The predicted molar refractivity (Wildman–Crippen MR) is 213 cm³/mol. The average molecular weight is 681 g/mol. The second kappa shape index (κ2) is 12.2. The zero-order valence-electron chi connectivity index (χ0n) is 29.4. The number of hydrogen-bond acceptors (Lipinski definition) is 2. The van der Waals surface area contributed by atoms with Crippen LogP contribution in [-0.2, 0) is 12.8 Å². The molecule has 0 bridgehead atoms. The Bertz CT molecular complexity index is 2220. The molecule has 6 unspecified atom stereocenters. The van der Waals surface area contributed by atoms with E-state index in [1.165, 1.54) is 86.1 Å². The molecule has 0 fully saturated rings. The van der Waals surface area contributed by atoms with E-state index in [4.69, 9.17) is 9.98 Å². The molecule has 0 amide bonds. The van der Waals surface area contributed by atoms with Crippen molar-refractivity contribution >= 4 is 30.4 Å². The third-order valence-electron chi connectivity index (χ3n) is 13.5. The molecule has 7 aliphatic carbocycles. The molecule has 2 heterocycles. The van der Waals surface area contributed by atoms with Crippen LogP contribution >= 0.6 is 7.92 Å². The number of dihydropyridines is 1. The van der Waals surface area contributed by atoms with Crippen molar-refractivity contribution in [3.8, 4) is 0 Å². The minimum absolute atomic E-state index is 0.0758. The highest BCUT2D eigenvalue weighted by atomic mass is 31.1. The molecule has 3 heteroatoms. The fourth-order valence-electron chi connectivity index (χ4n) is 11.3. The molecular weight excluding hydrogens is 636 g/mol. The number of aromatic nitrogens is 1. The maximum Gasteiger partial charge on any atom is 0.0971 e. The Kier molecular flexibility index (Phi) is 7.32. The maximum absolute atomic E-state index is 5.30. The summed E-state index contributed by atoms with van der Waals surface area (Å²) in [5, 5.41) is 1.36. The van der Waals surface area contributed by atoms with E-state index in [1.807, 2.05) is 0 Å². The molecule has 252 valence electrons. The number of nitrogens with zero attached hydrogens (tertiary/aromatic N) is 2. The quantitative estimate of drug-likeness (QED) is 0.246. The predicted octanol–water partition coefficient (Wildman–Crippen LogP) is 10.6. The Morgan fingerprint density at radius 1 is 0.725 bits per heavy atom. The van der Waals surface area contributed by atoms with Gasteiger partial charge in [0.1, 0.15) is 0 Å². The van der Waals surface area contributed by atoms with Crippen molar-refractivity contribution in [1.82, 2.24) is 4.98 Å². The van der Waals surface area contributed by atoms with Gasteiger partial charge in [-0.25, -0.2) is 0 Å². The van der Waals surface area contributed by atoms with Crippen molar-refractivity contribution in [3.05, 3.63) is 165 Å². The second-order valence-electron chi connectivity index (χ2n) is 16.0. The summed E-state index contributed by atoms with van der Waals surface area (Å²) in [4.78, 5) is 10.5. The van der Waals surface area contributed by atoms with Gasteiger partial charge in [-0.05, 0) is 166 Å². The maximum atomic E-state index is 5.30. The van der Waals surface area contributed by atoms with Gasteiger partial charge in [0.15, 0.2) is 0 Å². The minimum atomic E-state index is -0.838. The van der Waals surface area contributed by atoms with E-state index in [2.05, 4.69) is 110 Å². The van der Waals surface area contributed by atoms with Gasteiger partial charge in [-0.1, -0.05) is 85.0 Å². The summed E-state index contributed by atoms with van der Waals surface area (Å²) in [6, 6.07) is 23.0. The van der Waals surface area contributed by atoms with Crippen LogP contribution in [-0.4, -0.2) is 17.0 Å². The van der Waals surface area contributed by atoms with E-state index in [9.17, 15) is 0 Å². The molecular formula is C48H45N2P. The first-order valence-corrected chi connectivity index (χ1v) is 21.1. The highest BCUT2D eigenvalue weighted by molar-refractivity contribution is 7.73. The second-order valence-corrected chi connectivity index (χ2v) is 18.3. The Morgan fingerprint density at radius 2 is 1.59 bits per heavy atom. The summed E-state index contributed by atoms with van der Waals surface area (Å²) in [6.45, 7) is 0. The number of rotatable bonds is 5. The number of aryl methyl sites for hydroxylation is 2. The van der Waals surface area contributed by atoms with Crippen LogP contribution in [0.25, 0.3) is 5.57 Å². The van der Waals surface area contributed by atoms with E-state index in [1.54, 1.807) is 55.7 Å². The summed E-state index contributed by atoms with van der Waals surface area (Å²) in [5.41, 5.74) is 20.4. The van der Waals surface area contributed by atoms with Crippen molar-refractivity contribution in [2.75, 3.05) is 0 Å². The summed E-state index contributed by atoms with van der Waals surface area (Å²) in [7, 11) is -0.838. The molecule has 3 aromatic rings. The smallest absolute Gasteiger partial charge is 0.0971 e. The molecule has 0 N–H and O–H groups in total. The van der Waals surface area contributed by atoms with Crippen LogP contribution in [0.2, 0.25) is 0 Å². The summed E-state index contributed by atoms with van der Waals surface area (Å²) < 4.78 is 0. The average Bonchev–Trinajstić information content (AvgIpc) is 3.20. The third-order valence-corrected chi connectivity index (χ3v) is 15.9. The molecule has 0 spiro atoms. The van der Waals surface area contributed by atoms with Crippen LogP contribution < -0.4 is 10.7 Å². The van der Waals surface area contributed by atoms with Gasteiger partial charge in [0, 0.05) is 32.7 Å². The van der Waals surface area contributed by atoms with Crippen LogP contribution in [0, 0.1) is 17.8 Å². The van der Waals surface area contributed by atoms with E-state index in [0.29, 0.717) is 11.8 Å². The number of allylic oxidation sites excluding steroid dienone is 13. The molecule has 1 aliphatic heterocycles. The van der Waals surface area contributed by atoms with Crippen molar-refractivity contribution in [3.63, 3.8) is 0 Å². The molecule has 1 aromatic heterocycles. The zero-order chi connectivity index (χ0) is 33.5. The van der Waals surface area contributed by atoms with Crippen molar-refractivity contribution in [1.29, 1.82) is 0 Å². The molecule has 6 atom stereocenters. The van der Waals surface area contributed by atoms with Crippen LogP contribution in [0.1, 0.15) is 86.0 Å². The molecule has 51 heavy (non-hydrogen) atoms. The van der Waals surface area contributed by atoms with E-state index >= 15 is 0 Å². The van der Waals surface area contributed by atoms with Crippen molar-refractivity contribution < 1.29 is 0 Å². The Balaban J connectivity index is 0.964. The first-order valence-electron chi connectivity index (χ1n) is 19.7. The first-order chi connectivity index (χ1) is 25.3. The molecule has 0 radical (unpaired) electrons. The fourth-order valence-corrected chi connectivity index (χ4v) is 13.6. The highest BCUT2D eigenvalue weighted by Gasteiger charge is 2.40. The Labute approximate surface area is 304 Å². The number of hydrogen-bond donors (Lipinski definition) is 0. The van der Waals surface area contributed by atoms with Gasteiger partial charge in [0.2, 0.25) is 0 Å². The lowest BCUT2D eigenvalue weighted by Crippen LogP contribution is -2.29. The Morgan fingerprint density at radius 3 is 2.53 bits per heavy atom. The lowest BCUT2D eigenvalue weighted by Gasteiger charge is -2.43. The topological polar surface area (TPSA) is 25.2 Å². The van der Waals surface area contributed by atoms with Crippen LogP contribution in [0.3, 0.4) is 0 Å². The highest BCUT2D eigenvalue weighted by Crippen LogP contribution is 2.55. The summed E-state index contributed by atoms with van der Waals surface area (Å²) in [5.74, 6) is 2.46. The molecule has 2 nitrogen and oxygen atoms in total. The third kappa shape index (κ3) is 4.93. The summed E-state index contributed by atoms with van der Waals surface area (Å²) >= 11 is 0. The van der Waals surface area contributed by atoms with Gasteiger partial charge in [-0.3, -0.25) is 9.98 Å². The monoisotopic (exact) mass is 680 g/mol. The molecule has 8 aliphatic rings. The normalized spacial score (nSPS) is 29.0. The fraction of sp³-hybridized carbons (Fsp3) is 0.333. The molecule has 2 aromatic carbocycles. The van der Waals surface area contributed by atoms with Gasteiger partial charge in [0.25, 0.3) is 0 Å². The number of aliphatic imine (C=N–C) groups is 1. The zero-order valence-corrected chi connectivity index (χ0v) is 30.3. The molecule has 0 saturated heterocycles. The summed E-state index contributed by atoms with van der Waals surface area (Å²) in [6.07, 6.45) is 32.6. The van der Waals surface area contributed by atoms with Crippen molar-refractivity contribution in [2.45, 2.75) is 82.3 Å². The number of benzene rings is 2. The van der Waals surface area contributed by atoms with Gasteiger partial charge >= 0.3 is 0 Å². The van der Waals surface area contributed by atoms with E-state index < -0.39 is 7.92 Å². The van der Waals surface area contributed by atoms with Gasteiger partial charge in [-0.2, -0.15) is 0 Å². The lowest BCUT2D eigenvalue weighted by atomic mass is 9.61. The number of pyridine rings is 1. The van der Waals surface area contributed by atoms with Gasteiger partial charge < -0.3 is 0 Å². The van der Waals surface area contributed by atoms with E-state index in [-0.39, 0.29) is 5.78 Å². The Hall–Kier alpha value is -4.13. The standard InChI is InChI=1S/C48H45N2P/c1-2-10-38(11-3-1)51(43-28-36(24-26-49-43)39-20-16-34-14-12-30-6-4-8-32-18-22-41(39)47(34)45(30)32)44-29-37(25-27-50-44)40-21-17-35-15-13-31-7-5-9-33-19-23-42(40)48(35)46(31)33/h1-8,10-11,16,20-21,24,26-29,33,35,39,41,44H,9,12-15,17-19,22-23,25H2. The molecule has 0 saturated carbocycles. The largest absolute Gasteiger partial charge is 0.284 e.